The van der Waals surface area contributed by atoms with Crippen LogP contribution < -0.4 is 10.1 Å². The lowest BCUT2D eigenvalue weighted by Crippen LogP contribution is -2.51. The molecule has 0 saturated carbocycles. The van der Waals surface area contributed by atoms with Crippen LogP contribution in [0.25, 0.3) is 0 Å². The molecule has 1 atom stereocenters. The number of hydrogen-bond donors (Lipinski definition) is 1. The molecule has 1 saturated heterocycles. The van der Waals surface area contributed by atoms with E-state index in [1.54, 1.807) is 4.90 Å². The van der Waals surface area contributed by atoms with E-state index in [-0.39, 0.29) is 24.3 Å². The van der Waals surface area contributed by atoms with Crippen molar-refractivity contribution in [2.75, 3.05) is 26.2 Å². The molecular weight excluding hydrogens is 244 g/mol. The summed E-state index contributed by atoms with van der Waals surface area (Å²) in [6.45, 7) is 1.84. The van der Waals surface area contributed by atoms with Gasteiger partial charge in [-0.15, -0.1) is 0 Å². The highest BCUT2D eigenvalue weighted by atomic mass is 16.5. The Balaban J connectivity index is 1.83. The average Bonchev–Trinajstić information content (AvgIpc) is 2.46. The summed E-state index contributed by atoms with van der Waals surface area (Å²) in [5.41, 5.74) is 0.935. The Labute approximate surface area is 111 Å². The second-order valence-electron chi connectivity index (χ2n) is 4.84. The molecule has 2 heterocycles. The molecule has 19 heavy (non-hydrogen) atoms. The van der Waals surface area contributed by atoms with Gasteiger partial charge in [-0.3, -0.25) is 9.59 Å². The molecule has 5 heteroatoms. The normalized spacial score (nSPS) is 22.2. The lowest BCUT2D eigenvalue weighted by Gasteiger charge is -2.32. The van der Waals surface area contributed by atoms with Gasteiger partial charge in [0.1, 0.15) is 5.75 Å². The van der Waals surface area contributed by atoms with Crippen molar-refractivity contribution in [1.82, 2.24) is 10.2 Å². The van der Waals surface area contributed by atoms with Crippen LogP contribution in [0.2, 0.25) is 0 Å². The van der Waals surface area contributed by atoms with Crippen LogP contribution in [0.5, 0.6) is 5.75 Å². The van der Waals surface area contributed by atoms with Gasteiger partial charge in [0.15, 0.2) is 0 Å². The molecule has 0 aromatic heterocycles. The number of amides is 2. The molecule has 5 nitrogen and oxygen atoms in total. The number of ether oxygens (including phenoxy) is 1. The van der Waals surface area contributed by atoms with Crippen LogP contribution in [0.4, 0.5) is 0 Å². The third-order valence-electron chi connectivity index (χ3n) is 3.61. The number of para-hydroxylation sites is 1. The van der Waals surface area contributed by atoms with Gasteiger partial charge in [-0.05, 0) is 12.5 Å². The van der Waals surface area contributed by atoms with Gasteiger partial charge in [-0.1, -0.05) is 18.2 Å². The molecule has 1 aromatic rings. The summed E-state index contributed by atoms with van der Waals surface area (Å²) < 4.78 is 5.56. The van der Waals surface area contributed by atoms with E-state index < -0.39 is 0 Å². The van der Waals surface area contributed by atoms with Gasteiger partial charge in [0, 0.05) is 18.7 Å². The highest BCUT2D eigenvalue weighted by Gasteiger charge is 2.32. The fourth-order valence-electron chi connectivity index (χ4n) is 2.65. The Morgan fingerprint density at radius 2 is 2.21 bits per heavy atom. The van der Waals surface area contributed by atoms with Crippen LogP contribution in [0.15, 0.2) is 24.3 Å². The van der Waals surface area contributed by atoms with Crippen LogP contribution in [-0.4, -0.2) is 43.0 Å². The molecule has 1 N–H and O–H groups in total. The number of nitrogens with one attached hydrogen (secondary N) is 1. The van der Waals surface area contributed by atoms with Gasteiger partial charge in [-0.25, -0.2) is 0 Å². The monoisotopic (exact) mass is 260 g/mol. The molecule has 2 aliphatic rings. The van der Waals surface area contributed by atoms with Crippen molar-refractivity contribution in [3.8, 4) is 5.75 Å². The average molecular weight is 260 g/mol. The largest absolute Gasteiger partial charge is 0.493 e. The lowest BCUT2D eigenvalue weighted by molar-refractivity contribution is -0.139. The Morgan fingerprint density at radius 3 is 3.05 bits per heavy atom. The predicted molar refractivity (Wildman–Crippen MR) is 68.9 cm³/mol. The first-order valence-corrected chi connectivity index (χ1v) is 6.53. The third-order valence-corrected chi connectivity index (χ3v) is 3.61. The Kier molecular flexibility index (Phi) is 3.11. The zero-order chi connectivity index (χ0) is 13.2. The number of carbonyl (C=O) groups excluding carboxylic acids is 2. The molecule has 0 aliphatic carbocycles. The number of piperazine rings is 1. The Hall–Kier alpha value is -2.04. The summed E-state index contributed by atoms with van der Waals surface area (Å²) in [5.74, 6) is 0.551. The van der Waals surface area contributed by atoms with E-state index in [4.69, 9.17) is 4.74 Å². The van der Waals surface area contributed by atoms with Gasteiger partial charge in [0.25, 0.3) is 0 Å². The summed E-state index contributed by atoms with van der Waals surface area (Å²) in [5, 5.41) is 2.73. The van der Waals surface area contributed by atoms with Gasteiger partial charge >= 0.3 is 0 Å². The maximum Gasteiger partial charge on any atom is 0.239 e. The van der Waals surface area contributed by atoms with Crippen molar-refractivity contribution in [2.24, 2.45) is 0 Å². The van der Waals surface area contributed by atoms with Crippen molar-refractivity contribution in [3.05, 3.63) is 29.8 Å². The SMILES string of the molecule is O=C1CN(C(=O)C2CCOc3ccccc32)CCN1. The first-order valence-electron chi connectivity index (χ1n) is 6.53. The van der Waals surface area contributed by atoms with Gasteiger partial charge < -0.3 is 15.0 Å². The smallest absolute Gasteiger partial charge is 0.239 e. The molecule has 1 fully saturated rings. The van der Waals surface area contributed by atoms with E-state index in [1.165, 1.54) is 0 Å². The van der Waals surface area contributed by atoms with Crippen LogP contribution in [0.1, 0.15) is 17.9 Å². The number of hydrogen-bond acceptors (Lipinski definition) is 3. The van der Waals surface area contributed by atoms with Gasteiger partial charge in [-0.2, -0.15) is 0 Å². The second kappa shape index (κ2) is 4.91. The van der Waals surface area contributed by atoms with Gasteiger partial charge in [0.2, 0.25) is 11.8 Å². The Bertz CT molecular complexity index is 515. The second-order valence-corrected chi connectivity index (χ2v) is 4.84. The van der Waals surface area contributed by atoms with Crippen LogP contribution in [0.3, 0.4) is 0 Å². The fourth-order valence-corrected chi connectivity index (χ4v) is 2.65. The van der Waals surface area contributed by atoms with Crippen molar-refractivity contribution in [2.45, 2.75) is 12.3 Å². The quantitative estimate of drug-likeness (QED) is 0.800. The van der Waals surface area contributed by atoms with E-state index in [1.807, 2.05) is 24.3 Å². The molecule has 1 aromatic carbocycles. The predicted octanol–water partition coefficient (Wildman–Crippen LogP) is 0.511. The molecular formula is C14H16N2O3. The van der Waals surface area contributed by atoms with E-state index in [0.29, 0.717) is 26.1 Å². The van der Waals surface area contributed by atoms with Gasteiger partial charge in [0.05, 0.1) is 19.1 Å². The Morgan fingerprint density at radius 1 is 1.37 bits per heavy atom. The molecule has 0 radical (unpaired) electrons. The van der Waals surface area contributed by atoms with E-state index in [0.717, 1.165) is 11.3 Å². The number of fused-ring (bicyclic) bond motifs is 1. The minimum absolute atomic E-state index is 0.0330. The molecule has 2 amide bonds. The number of carbonyl (C=O) groups is 2. The molecule has 0 spiro atoms. The minimum atomic E-state index is -0.184. The van der Waals surface area contributed by atoms with E-state index >= 15 is 0 Å². The highest BCUT2D eigenvalue weighted by molar-refractivity contribution is 5.90. The summed E-state index contributed by atoms with van der Waals surface area (Å²) >= 11 is 0. The zero-order valence-electron chi connectivity index (χ0n) is 10.6. The summed E-state index contributed by atoms with van der Waals surface area (Å²) in [7, 11) is 0. The molecule has 1 unspecified atom stereocenters. The minimum Gasteiger partial charge on any atom is -0.493 e. The number of nitrogens with zero attached hydrogens (tertiary/aromatic N) is 1. The maximum absolute atomic E-state index is 12.6. The standard InChI is InChI=1S/C14H16N2O3/c17-13-9-16(7-6-15-13)14(18)11-5-8-19-12-4-2-1-3-10(11)12/h1-4,11H,5-9H2,(H,15,17). The summed E-state index contributed by atoms with van der Waals surface area (Å²) in [4.78, 5) is 25.6. The number of rotatable bonds is 1. The van der Waals surface area contributed by atoms with Crippen molar-refractivity contribution < 1.29 is 14.3 Å². The highest BCUT2D eigenvalue weighted by Crippen LogP contribution is 2.34. The summed E-state index contributed by atoms with van der Waals surface area (Å²) in [6.07, 6.45) is 0.675. The van der Waals surface area contributed by atoms with Crippen molar-refractivity contribution in [3.63, 3.8) is 0 Å². The molecule has 0 bridgehead atoms. The van der Waals surface area contributed by atoms with Crippen LogP contribution >= 0.6 is 0 Å². The topological polar surface area (TPSA) is 58.6 Å². The first kappa shape index (κ1) is 12.0. The number of benzene rings is 1. The molecule has 2 aliphatic heterocycles. The van der Waals surface area contributed by atoms with Crippen LogP contribution in [0, 0.1) is 0 Å². The zero-order valence-corrected chi connectivity index (χ0v) is 10.6. The first-order chi connectivity index (χ1) is 9.25. The van der Waals surface area contributed by atoms with Crippen molar-refractivity contribution >= 4 is 11.8 Å². The molecule has 3 rings (SSSR count). The van der Waals surface area contributed by atoms with Crippen molar-refractivity contribution in [1.29, 1.82) is 0 Å². The van der Waals surface area contributed by atoms with E-state index in [2.05, 4.69) is 5.32 Å². The third kappa shape index (κ3) is 2.28. The summed E-state index contributed by atoms with van der Waals surface area (Å²) in [6, 6.07) is 7.63. The fraction of sp³-hybridized carbons (Fsp3) is 0.429. The maximum atomic E-state index is 12.6. The molecule has 100 valence electrons. The van der Waals surface area contributed by atoms with Crippen LogP contribution in [-0.2, 0) is 9.59 Å². The van der Waals surface area contributed by atoms with E-state index in [9.17, 15) is 9.59 Å². The lowest BCUT2D eigenvalue weighted by atomic mass is 9.91.